The quantitative estimate of drug-likeness (QED) is 0.202. The lowest BCUT2D eigenvalue weighted by Crippen LogP contribution is -2.26. The van der Waals surface area contributed by atoms with Gasteiger partial charge in [-0.25, -0.2) is 0 Å². The fraction of sp³-hybridized carbons (Fsp3) is 0.0286. The Labute approximate surface area is 219 Å². The number of halogens is 1. The predicted molar refractivity (Wildman–Crippen MR) is 153 cm³/mol. The molecule has 0 heterocycles. The van der Waals surface area contributed by atoms with Crippen LogP contribution in [0.1, 0.15) is 22.3 Å². The van der Waals surface area contributed by atoms with E-state index >= 15 is 0 Å². The third-order valence-electron chi connectivity index (χ3n) is 8.13. The normalized spacial score (nSPS) is 13.9. The summed E-state index contributed by atoms with van der Waals surface area (Å²) < 4.78 is 1.10. The van der Waals surface area contributed by atoms with Crippen LogP contribution >= 0.6 is 15.9 Å². The van der Waals surface area contributed by atoms with E-state index in [9.17, 15) is 0 Å². The molecule has 6 aromatic rings. The van der Waals surface area contributed by atoms with E-state index in [-0.39, 0.29) is 5.41 Å². The van der Waals surface area contributed by atoms with Crippen molar-refractivity contribution in [2.75, 3.05) is 0 Å². The first-order chi connectivity index (χ1) is 17.8. The van der Waals surface area contributed by atoms with Crippen molar-refractivity contribution in [1.29, 1.82) is 0 Å². The Morgan fingerprint density at radius 2 is 1.03 bits per heavy atom. The van der Waals surface area contributed by atoms with Crippen LogP contribution in [0.25, 0.3) is 44.2 Å². The van der Waals surface area contributed by atoms with Crippen molar-refractivity contribution in [2.45, 2.75) is 5.41 Å². The molecule has 0 nitrogen and oxygen atoms in total. The molecule has 168 valence electrons. The van der Waals surface area contributed by atoms with Gasteiger partial charge in [-0.15, -0.1) is 0 Å². The molecule has 1 spiro atoms. The Morgan fingerprint density at radius 1 is 0.444 bits per heavy atom. The molecule has 2 aliphatic rings. The molecule has 0 amide bonds. The number of hydrogen-bond acceptors (Lipinski definition) is 0. The number of rotatable bonds is 1. The zero-order valence-corrected chi connectivity index (χ0v) is 21.1. The Kier molecular flexibility index (Phi) is 4.10. The van der Waals surface area contributed by atoms with E-state index in [0.29, 0.717) is 0 Å². The topological polar surface area (TPSA) is 0 Å². The molecule has 0 aliphatic heterocycles. The van der Waals surface area contributed by atoms with Gasteiger partial charge in [0.2, 0.25) is 0 Å². The van der Waals surface area contributed by atoms with E-state index in [1.807, 2.05) is 0 Å². The third kappa shape index (κ3) is 2.49. The molecule has 8 rings (SSSR count). The summed E-state index contributed by atoms with van der Waals surface area (Å²) in [6.45, 7) is 0. The lowest BCUT2D eigenvalue weighted by atomic mass is 9.69. The first-order valence-electron chi connectivity index (χ1n) is 12.4. The van der Waals surface area contributed by atoms with Gasteiger partial charge in [-0.05, 0) is 84.6 Å². The van der Waals surface area contributed by atoms with Gasteiger partial charge in [0.05, 0.1) is 5.41 Å². The van der Waals surface area contributed by atoms with Gasteiger partial charge >= 0.3 is 0 Å². The number of fused-ring (bicyclic) bond motifs is 12. The molecular weight excluding hydrogens is 500 g/mol. The maximum atomic E-state index is 3.64. The lowest BCUT2D eigenvalue weighted by molar-refractivity contribution is 0.801. The van der Waals surface area contributed by atoms with Crippen LogP contribution in [-0.4, -0.2) is 0 Å². The van der Waals surface area contributed by atoms with E-state index in [4.69, 9.17) is 0 Å². The minimum Gasteiger partial charge on any atom is -0.0619 e. The summed E-state index contributed by atoms with van der Waals surface area (Å²) >= 11 is 3.64. The highest BCUT2D eigenvalue weighted by Gasteiger charge is 2.52. The summed E-state index contributed by atoms with van der Waals surface area (Å²) in [5.74, 6) is 0. The molecule has 0 N–H and O–H groups in total. The molecular formula is C35H21Br. The minimum absolute atomic E-state index is 0.310. The van der Waals surface area contributed by atoms with Gasteiger partial charge in [-0.1, -0.05) is 125 Å². The molecule has 0 bridgehead atoms. The van der Waals surface area contributed by atoms with Crippen LogP contribution < -0.4 is 0 Å². The highest BCUT2D eigenvalue weighted by Crippen LogP contribution is 2.63. The molecule has 0 saturated heterocycles. The standard InChI is InChI=1S/C35H21Br/c36-25-9-7-8-22(21-25)23-16-18-26-24(20-23)17-19-30-29-12-3-6-15-33(29)35(34(26)30)31-13-4-1-10-27(31)28-11-2-5-14-32(28)35/h1-21H. The predicted octanol–water partition coefficient (Wildman–Crippen LogP) is 9.61. The van der Waals surface area contributed by atoms with Gasteiger partial charge in [0.25, 0.3) is 0 Å². The monoisotopic (exact) mass is 520 g/mol. The summed E-state index contributed by atoms with van der Waals surface area (Å²) in [6.07, 6.45) is 0. The maximum absolute atomic E-state index is 3.64. The van der Waals surface area contributed by atoms with Gasteiger partial charge in [0, 0.05) is 4.47 Å². The smallest absolute Gasteiger partial charge is 0.0619 e. The second kappa shape index (κ2) is 7.29. The first-order valence-corrected chi connectivity index (χ1v) is 13.2. The summed E-state index contributed by atoms with van der Waals surface area (Å²) in [6, 6.07) is 47.2. The minimum atomic E-state index is -0.310. The van der Waals surface area contributed by atoms with Gasteiger partial charge in [0.1, 0.15) is 0 Å². The summed E-state index contributed by atoms with van der Waals surface area (Å²) in [5.41, 5.74) is 13.1. The molecule has 36 heavy (non-hydrogen) atoms. The van der Waals surface area contributed by atoms with Crippen LogP contribution in [-0.2, 0) is 5.41 Å². The lowest BCUT2D eigenvalue weighted by Gasteiger charge is -2.31. The van der Waals surface area contributed by atoms with Crippen molar-refractivity contribution >= 4 is 26.7 Å². The summed E-state index contributed by atoms with van der Waals surface area (Å²) in [4.78, 5) is 0. The molecule has 6 aromatic carbocycles. The maximum Gasteiger partial charge on any atom is 0.0731 e. The molecule has 2 aliphatic carbocycles. The van der Waals surface area contributed by atoms with Crippen LogP contribution in [0.2, 0.25) is 0 Å². The summed E-state index contributed by atoms with van der Waals surface area (Å²) in [5, 5.41) is 2.61. The average molecular weight is 521 g/mol. The van der Waals surface area contributed by atoms with Crippen LogP contribution in [0.3, 0.4) is 0 Å². The van der Waals surface area contributed by atoms with Crippen LogP contribution in [0.5, 0.6) is 0 Å². The van der Waals surface area contributed by atoms with E-state index in [0.717, 1.165) is 4.47 Å². The van der Waals surface area contributed by atoms with Gasteiger partial charge in [0.15, 0.2) is 0 Å². The van der Waals surface area contributed by atoms with Gasteiger partial charge in [-0.2, -0.15) is 0 Å². The zero-order chi connectivity index (χ0) is 23.9. The largest absolute Gasteiger partial charge is 0.0731 e. The molecule has 1 heteroatoms. The van der Waals surface area contributed by atoms with Crippen molar-refractivity contribution in [3.05, 3.63) is 154 Å². The molecule has 0 radical (unpaired) electrons. The third-order valence-corrected chi connectivity index (χ3v) is 8.62. The van der Waals surface area contributed by atoms with Crippen LogP contribution in [0.15, 0.2) is 132 Å². The van der Waals surface area contributed by atoms with Crippen molar-refractivity contribution < 1.29 is 0 Å². The van der Waals surface area contributed by atoms with Crippen molar-refractivity contribution in [2.24, 2.45) is 0 Å². The highest BCUT2D eigenvalue weighted by molar-refractivity contribution is 9.10. The van der Waals surface area contributed by atoms with Gasteiger partial charge in [-0.3, -0.25) is 0 Å². The zero-order valence-electron chi connectivity index (χ0n) is 19.5. The summed E-state index contributed by atoms with van der Waals surface area (Å²) in [7, 11) is 0. The number of benzene rings is 6. The van der Waals surface area contributed by atoms with E-state index in [2.05, 4.69) is 143 Å². The van der Waals surface area contributed by atoms with E-state index in [1.54, 1.807) is 0 Å². The Balaban J connectivity index is 1.51. The van der Waals surface area contributed by atoms with Crippen LogP contribution in [0, 0.1) is 0 Å². The fourth-order valence-electron chi connectivity index (χ4n) is 6.78. The van der Waals surface area contributed by atoms with Crippen molar-refractivity contribution in [3.8, 4) is 33.4 Å². The second-order valence-corrected chi connectivity index (χ2v) is 10.7. The Bertz CT molecular complexity index is 1800. The molecule has 0 atom stereocenters. The Hall–Kier alpha value is -3.94. The average Bonchev–Trinajstić information content (AvgIpc) is 3.40. The first kappa shape index (κ1) is 20.3. The molecule has 0 aromatic heterocycles. The van der Waals surface area contributed by atoms with Crippen molar-refractivity contribution in [3.63, 3.8) is 0 Å². The van der Waals surface area contributed by atoms with Gasteiger partial charge < -0.3 is 0 Å². The van der Waals surface area contributed by atoms with Crippen LogP contribution in [0.4, 0.5) is 0 Å². The van der Waals surface area contributed by atoms with E-state index in [1.165, 1.54) is 66.4 Å². The molecule has 0 unspecified atom stereocenters. The second-order valence-electron chi connectivity index (χ2n) is 9.82. The van der Waals surface area contributed by atoms with Crippen molar-refractivity contribution in [1.82, 2.24) is 0 Å². The Morgan fingerprint density at radius 3 is 1.67 bits per heavy atom. The SMILES string of the molecule is Brc1cccc(-c2ccc3c4c(ccc3c2)-c2ccccc2C42c3ccccc3-c3ccccc32)c1. The highest BCUT2D eigenvalue weighted by atomic mass is 79.9. The number of hydrogen-bond donors (Lipinski definition) is 0. The fourth-order valence-corrected chi connectivity index (χ4v) is 7.18. The molecule has 0 saturated carbocycles. The van der Waals surface area contributed by atoms with E-state index < -0.39 is 0 Å². The molecule has 0 fully saturated rings.